The van der Waals surface area contributed by atoms with Crippen LogP contribution in [0.5, 0.6) is 5.75 Å². The van der Waals surface area contributed by atoms with Crippen molar-refractivity contribution in [2.45, 2.75) is 18.7 Å². The van der Waals surface area contributed by atoms with Gasteiger partial charge in [-0.15, -0.1) is 0 Å². The number of rotatable bonds is 7. The van der Waals surface area contributed by atoms with E-state index in [0.717, 1.165) is 5.56 Å². The van der Waals surface area contributed by atoms with Crippen LogP contribution in [0.3, 0.4) is 0 Å². The number of benzene rings is 2. The number of sulfonamides is 1. The van der Waals surface area contributed by atoms with E-state index in [2.05, 4.69) is 5.32 Å². The highest BCUT2D eigenvalue weighted by Gasteiger charge is 2.30. The number of ether oxygens (including phenoxy) is 1. The molecule has 1 saturated heterocycles. The molecule has 2 aromatic rings. The topological polar surface area (TPSA) is 96.0 Å². The van der Waals surface area contributed by atoms with Gasteiger partial charge in [0, 0.05) is 31.7 Å². The minimum absolute atomic E-state index is 0.126. The summed E-state index contributed by atoms with van der Waals surface area (Å²) in [5, 5.41) is 2.65. The fourth-order valence-electron chi connectivity index (χ4n) is 3.39. The molecule has 0 spiro atoms. The van der Waals surface area contributed by atoms with Crippen LogP contribution in [0.15, 0.2) is 53.4 Å². The van der Waals surface area contributed by atoms with Gasteiger partial charge in [0.1, 0.15) is 5.75 Å². The zero-order valence-electron chi connectivity index (χ0n) is 17.7. The van der Waals surface area contributed by atoms with Crippen molar-refractivity contribution in [1.29, 1.82) is 0 Å². The molecule has 0 atom stereocenters. The predicted molar refractivity (Wildman–Crippen MR) is 116 cm³/mol. The Morgan fingerprint density at radius 1 is 1.00 bits per heavy atom. The van der Waals surface area contributed by atoms with Gasteiger partial charge in [-0.2, -0.15) is 4.31 Å². The fourth-order valence-corrected chi connectivity index (χ4v) is 4.81. The van der Waals surface area contributed by atoms with Crippen molar-refractivity contribution in [2.75, 3.05) is 39.3 Å². The lowest BCUT2D eigenvalue weighted by atomic mass is 10.1. The molecule has 31 heavy (non-hydrogen) atoms. The minimum Gasteiger partial charge on any atom is -0.494 e. The summed E-state index contributed by atoms with van der Waals surface area (Å²) in [5.74, 6) is 0.0767. The highest BCUT2D eigenvalue weighted by atomic mass is 32.2. The third-order valence-electron chi connectivity index (χ3n) is 5.15. The molecule has 3 rings (SSSR count). The van der Waals surface area contributed by atoms with Gasteiger partial charge >= 0.3 is 0 Å². The van der Waals surface area contributed by atoms with E-state index in [9.17, 15) is 18.0 Å². The van der Waals surface area contributed by atoms with Crippen molar-refractivity contribution in [2.24, 2.45) is 0 Å². The molecule has 1 heterocycles. The Kier molecular flexibility index (Phi) is 7.29. The number of aryl methyl sites for hydroxylation is 1. The Balaban J connectivity index is 1.53. The first-order valence-electron chi connectivity index (χ1n) is 10.2. The molecule has 0 radical (unpaired) electrons. The van der Waals surface area contributed by atoms with Crippen LogP contribution < -0.4 is 10.1 Å². The van der Waals surface area contributed by atoms with Crippen LogP contribution in [0.1, 0.15) is 22.8 Å². The van der Waals surface area contributed by atoms with Gasteiger partial charge in [-0.25, -0.2) is 8.42 Å². The van der Waals surface area contributed by atoms with Gasteiger partial charge in [0.2, 0.25) is 15.9 Å². The molecule has 1 fully saturated rings. The van der Waals surface area contributed by atoms with Gasteiger partial charge in [0.25, 0.3) is 5.91 Å². The van der Waals surface area contributed by atoms with Crippen LogP contribution in [-0.4, -0.2) is 68.8 Å². The van der Waals surface area contributed by atoms with E-state index in [0.29, 0.717) is 17.9 Å². The SMILES string of the molecule is CCOc1ccc(S(=O)(=O)N2CCN(C(=O)CNC(=O)c3ccccc3C)CC2)cc1. The second-order valence-electron chi connectivity index (χ2n) is 7.19. The number of nitrogens with one attached hydrogen (secondary N) is 1. The number of nitrogens with zero attached hydrogens (tertiary/aromatic N) is 2. The van der Waals surface area contributed by atoms with Crippen molar-refractivity contribution in [3.05, 3.63) is 59.7 Å². The molecule has 1 aliphatic heterocycles. The first-order valence-corrected chi connectivity index (χ1v) is 11.6. The van der Waals surface area contributed by atoms with Gasteiger partial charge in [0.05, 0.1) is 18.0 Å². The van der Waals surface area contributed by atoms with Crippen molar-refractivity contribution in [3.63, 3.8) is 0 Å². The zero-order valence-corrected chi connectivity index (χ0v) is 18.5. The largest absolute Gasteiger partial charge is 0.494 e. The molecule has 0 unspecified atom stereocenters. The van der Waals surface area contributed by atoms with E-state index >= 15 is 0 Å². The average Bonchev–Trinajstić information content (AvgIpc) is 2.78. The molecule has 9 heteroatoms. The Hall–Kier alpha value is -2.91. The highest BCUT2D eigenvalue weighted by Crippen LogP contribution is 2.21. The van der Waals surface area contributed by atoms with Crippen LogP contribution in [0.4, 0.5) is 0 Å². The number of amides is 2. The summed E-state index contributed by atoms with van der Waals surface area (Å²) >= 11 is 0. The predicted octanol–water partition coefficient (Wildman–Crippen LogP) is 1.66. The van der Waals surface area contributed by atoms with E-state index < -0.39 is 10.0 Å². The summed E-state index contributed by atoms with van der Waals surface area (Å²) < 4.78 is 32.4. The smallest absolute Gasteiger partial charge is 0.251 e. The third-order valence-corrected chi connectivity index (χ3v) is 7.07. The second-order valence-corrected chi connectivity index (χ2v) is 9.12. The van der Waals surface area contributed by atoms with Crippen molar-refractivity contribution in [1.82, 2.24) is 14.5 Å². The number of carbonyl (C=O) groups is 2. The number of piperazine rings is 1. The maximum absolute atomic E-state index is 12.9. The molecule has 0 aliphatic carbocycles. The molecule has 1 aliphatic rings. The van der Waals surface area contributed by atoms with E-state index in [-0.39, 0.29) is 49.4 Å². The summed E-state index contributed by atoms with van der Waals surface area (Å²) in [6.45, 7) is 5.03. The first kappa shape index (κ1) is 22.8. The molecule has 2 aromatic carbocycles. The Labute approximate surface area is 182 Å². The van der Waals surface area contributed by atoms with Crippen LogP contribution in [0.2, 0.25) is 0 Å². The summed E-state index contributed by atoms with van der Waals surface area (Å²) in [6.07, 6.45) is 0. The quantitative estimate of drug-likeness (QED) is 0.699. The van der Waals surface area contributed by atoms with Crippen LogP contribution in [0, 0.1) is 6.92 Å². The highest BCUT2D eigenvalue weighted by molar-refractivity contribution is 7.89. The third kappa shape index (κ3) is 5.42. The molecule has 2 amide bonds. The molecular weight excluding hydrogens is 418 g/mol. The van der Waals surface area contributed by atoms with Crippen LogP contribution in [-0.2, 0) is 14.8 Å². The number of hydrogen-bond donors (Lipinski definition) is 1. The Morgan fingerprint density at radius 3 is 2.26 bits per heavy atom. The van der Waals surface area contributed by atoms with Gasteiger partial charge < -0.3 is 15.0 Å². The minimum atomic E-state index is -3.64. The van der Waals surface area contributed by atoms with Gasteiger partial charge in [-0.3, -0.25) is 9.59 Å². The monoisotopic (exact) mass is 445 g/mol. The molecule has 166 valence electrons. The summed E-state index contributed by atoms with van der Waals surface area (Å²) in [4.78, 5) is 26.5. The molecule has 0 bridgehead atoms. The van der Waals surface area contributed by atoms with Gasteiger partial charge in [-0.05, 0) is 49.7 Å². The fraction of sp³-hybridized carbons (Fsp3) is 0.364. The molecule has 1 N–H and O–H groups in total. The van der Waals surface area contributed by atoms with E-state index in [1.54, 1.807) is 29.2 Å². The number of hydrogen-bond acceptors (Lipinski definition) is 5. The van der Waals surface area contributed by atoms with Gasteiger partial charge in [-0.1, -0.05) is 18.2 Å². The average molecular weight is 446 g/mol. The molecule has 0 aromatic heterocycles. The Morgan fingerprint density at radius 2 is 1.65 bits per heavy atom. The molecule has 8 nitrogen and oxygen atoms in total. The van der Waals surface area contributed by atoms with E-state index in [1.807, 2.05) is 26.0 Å². The standard InChI is InChI=1S/C22H27N3O5S/c1-3-30-18-8-10-19(11-9-18)31(28,29)25-14-12-24(13-15-25)21(26)16-23-22(27)20-7-5-4-6-17(20)2/h4-11H,3,12-16H2,1-2H3,(H,23,27). The van der Waals surface area contributed by atoms with Gasteiger partial charge in [0.15, 0.2) is 0 Å². The van der Waals surface area contributed by atoms with Crippen molar-refractivity contribution in [3.8, 4) is 5.75 Å². The van der Waals surface area contributed by atoms with Crippen molar-refractivity contribution >= 4 is 21.8 Å². The number of carbonyl (C=O) groups excluding carboxylic acids is 2. The lowest BCUT2D eigenvalue weighted by Gasteiger charge is -2.34. The maximum atomic E-state index is 12.9. The summed E-state index contributed by atoms with van der Waals surface area (Å²) in [5.41, 5.74) is 1.36. The summed E-state index contributed by atoms with van der Waals surface area (Å²) in [6, 6.07) is 13.5. The van der Waals surface area contributed by atoms with Crippen LogP contribution >= 0.6 is 0 Å². The second kappa shape index (κ2) is 9.93. The lowest BCUT2D eigenvalue weighted by Crippen LogP contribution is -2.52. The normalized spacial score (nSPS) is 14.8. The van der Waals surface area contributed by atoms with Crippen LogP contribution in [0.25, 0.3) is 0 Å². The van der Waals surface area contributed by atoms with E-state index in [4.69, 9.17) is 4.74 Å². The maximum Gasteiger partial charge on any atom is 0.251 e. The molecular formula is C22H27N3O5S. The van der Waals surface area contributed by atoms with E-state index in [1.165, 1.54) is 16.4 Å². The first-order chi connectivity index (χ1) is 14.8. The molecule has 0 saturated carbocycles. The lowest BCUT2D eigenvalue weighted by molar-refractivity contribution is -0.131. The zero-order chi connectivity index (χ0) is 22.4. The van der Waals surface area contributed by atoms with Crippen molar-refractivity contribution < 1.29 is 22.7 Å². The summed E-state index contributed by atoms with van der Waals surface area (Å²) in [7, 11) is -3.64. The Bertz CT molecular complexity index is 1030.